The number of piperidine rings is 1. The second-order valence-corrected chi connectivity index (χ2v) is 8.68. The summed E-state index contributed by atoms with van der Waals surface area (Å²) < 4.78 is 0.716. The average Bonchev–Trinajstić information content (AvgIpc) is 3.25. The molecule has 1 aromatic heterocycles. The normalized spacial score (nSPS) is 21.8. The molecule has 3 rings (SSSR count). The molecule has 2 aliphatic rings. The summed E-state index contributed by atoms with van der Waals surface area (Å²) in [5.41, 5.74) is 0.802. The standard InChI is InChI=1S/C18H26ClN3O2S/c1-13-6-10-22(11-7-13)9-3-2-8-20-18(23)15-12-14(21-24-15)16-4-5-17(19)25-16/h4-5,13,15H,2-3,6-12H2,1H3,(H,20,23). The van der Waals surface area contributed by atoms with Crippen molar-refractivity contribution in [1.82, 2.24) is 10.2 Å². The maximum Gasteiger partial charge on any atom is 0.264 e. The Labute approximate surface area is 158 Å². The van der Waals surface area contributed by atoms with Crippen LogP contribution in [0, 0.1) is 5.92 Å². The van der Waals surface area contributed by atoms with E-state index in [1.165, 1.54) is 37.3 Å². The van der Waals surface area contributed by atoms with Crippen LogP contribution in [0.5, 0.6) is 0 Å². The predicted octanol–water partition coefficient (Wildman–Crippen LogP) is 3.52. The number of nitrogens with one attached hydrogen (secondary N) is 1. The maximum absolute atomic E-state index is 12.2. The van der Waals surface area contributed by atoms with E-state index in [2.05, 4.69) is 22.3 Å². The number of carbonyl (C=O) groups excluding carboxylic acids is 1. The Hall–Kier alpha value is -1.11. The Balaban J connectivity index is 1.29. The van der Waals surface area contributed by atoms with Crippen LogP contribution in [0.2, 0.25) is 4.34 Å². The summed E-state index contributed by atoms with van der Waals surface area (Å²) >= 11 is 7.39. The van der Waals surface area contributed by atoms with E-state index in [-0.39, 0.29) is 5.91 Å². The Kier molecular flexibility index (Phi) is 6.73. The lowest BCUT2D eigenvalue weighted by Gasteiger charge is -2.30. The lowest BCUT2D eigenvalue weighted by atomic mass is 9.99. The molecule has 1 atom stereocenters. The van der Waals surface area contributed by atoms with Crippen molar-refractivity contribution in [2.45, 2.75) is 45.1 Å². The highest BCUT2D eigenvalue weighted by atomic mass is 35.5. The Morgan fingerprint density at radius 3 is 2.92 bits per heavy atom. The average molecular weight is 384 g/mol. The number of unbranched alkanes of at least 4 members (excludes halogenated alkanes) is 1. The fourth-order valence-corrected chi connectivity index (χ4v) is 4.24. The van der Waals surface area contributed by atoms with Crippen molar-refractivity contribution in [3.05, 3.63) is 21.3 Å². The number of amides is 1. The molecule has 1 aromatic rings. The van der Waals surface area contributed by atoms with Crippen LogP contribution in [0.15, 0.2) is 17.3 Å². The summed E-state index contributed by atoms with van der Waals surface area (Å²) in [5, 5.41) is 7.00. The van der Waals surface area contributed by atoms with Crippen LogP contribution in [0.4, 0.5) is 0 Å². The second-order valence-electron chi connectivity index (χ2n) is 6.96. The summed E-state index contributed by atoms with van der Waals surface area (Å²) in [7, 11) is 0. The summed E-state index contributed by atoms with van der Waals surface area (Å²) in [5.74, 6) is 0.799. The van der Waals surface area contributed by atoms with Crippen LogP contribution < -0.4 is 5.32 Å². The van der Waals surface area contributed by atoms with Gasteiger partial charge >= 0.3 is 0 Å². The zero-order chi connectivity index (χ0) is 17.6. The van der Waals surface area contributed by atoms with Crippen LogP contribution >= 0.6 is 22.9 Å². The van der Waals surface area contributed by atoms with E-state index in [0.29, 0.717) is 17.3 Å². The highest BCUT2D eigenvalue weighted by molar-refractivity contribution is 7.18. The highest BCUT2D eigenvalue weighted by Gasteiger charge is 2.29. The molecule has 2 aliphatic heterocycles. The van der Waals surface area contributed by atoms with E-state index in [1.807, 2.05) is 12.1 Å². The molecule has 138 valence electrons. The number of rotatable bonds is 7. The molecule has 25 heavy (non-hydrogen) atoms. The third kappa shape index (κ3) is 5.43. The number of oxime groups is 1. The van der Waals surface area contributed by atoms with Crippen LogP contribution in [0.1, 0.15) is 43.9 Å². The monoisotopic (exact) mass is 383 g/mol. The largest absolute Gasteiger partial charge is 0.382 e. The number of hydrogen-bond donors (Lipinski definition) is 1. The third-order valence-corrected chi connectivity index (χ3v) is 6.18. The Morgan fingerprint density at radius 2 is 2.20 bits per heavy atom. The van der Waals surface area contributed by atoms with Gasteiger partial charge in [0.15, 0.2) is 0 Å². The zero-order valence-corrected chi connectivity index (χ0v) is 16.2. The van der Waals surface area contributed by atoms with Gasteiger partial charge in [-0.1, -0.05) is 23.7 Å². The van der Waals surface area contributed by atoms with Gasteiger partial charge in [0.05, 0.1) is 9.21 Å². The summed E-state index contributed by atoms with van der Waals surface area (Å²) in [6.45, 7) is 6.60. The van der Waals surface area contributed by atoms with E-state index < -0.39 is 6.10 Å². The molecule has 7 heteroatoms. The molecular weight excluding hydrogens is 358 g/mol. The van der Waals surface area contributed by atoms with Crippen molar-refractivity contribution in [3.8, 4) is 0 Å². The molecule has 5 nitrogen and oxygen atoms in total. The SMILES string of the molecule is CC1CCN(CCCCNC(=O)C2CC(c3ccc(Cl)s3)=NO2)CC1. The molecule has 0 aromatic carbocycles. The predicted molar refractivity (Wildman–Crippen MR) is 102 cm³/mol. The number of nitrogens with zero attached hydrogens (tertiary/aromatic N) is 2. The third-order valence-electron chi connectivity index (χ3n) is 4.90. The number of likely N-dealkylation sites (tertiary alicyclic amines) is 1. The van der Waals surface area contributed by atoms with Gasteiger partial charge in [-0.2, -0.15) is 0 Å². The van der Waals surface area contributed by atoms with Gasteiger partial charge in [0.2, 0.25) is 6.10 Å². The van der Waals surface area contributed by atoms with E-state index >= 15 is 0 Å². The minimum absolute atomic E-state index is 0.0757. The zero-order valence-electron chi connectivity index (χ0n) is 14.7. The van der Waals surface area contributed by atoms with Crippen LogP contribution in [-0.4, -0.2) is 48.8 Å². The molecule has 0 bridgehead atoms. The molecule has 1 saturated heterocycles. The first-order chi connectivity index (χ1) is 12.1. The maximum atomic E-state index is 12.2. The number of carbonyl (C=O) groups is 1. The molecule has 1 amide bonds. The van der Waals surface area contributed by atoms with Gasteiger partial charge in [-0.3, -0.25) is 4.79 Å². The van der Waals surface area contributed by atoms with Crippen LogP contribution in [0.3, 0.4) is 0 Å². The van der Waals surface area contributed by atoms with Gasteiger partial charge in [-0.25, -0.2) is 0 Å². The molecule has 1 unspecified atom stereocenters. The van der Waals surface area contributed by atoms with Gasteiger partial charge in [0.25, 0.3) is 5.91 Å². The van der Waals surface area contributed by atoms with E-state index in [9.17, 15) is 4.79 Å². The number of halogens is 1. The van der Waals surface area contributed by atoms with Gasteiger partial charge < -0.3 is 15.1 Å². The second kappa shape index (κ2) is 9.01. The van der Waals surface area contributed by atoms with E-state index in [0.717, 1.165) is 35.9 Å². The molecule has 0 saturated carbocycles. The first-order valence-electron chi connectivity index (χ1n) is 9.10. The molecule has 0 spiro atoms. The Morgan fingerprint density at radius 1 is 1.40 bits per heavy atom. The fourth-order valence-electron chi connectivity index (χ4n) is 3.20. The van der Waals surface area contributed by atoms with Gasteiger partial charge in [0, 0.05) is 13.0 Å². The molecular formula is C18H26ClN3O2S. The number of hydrogen-bond acceptors (Lipinski definition) is 5. The van der Waals surface area contributed by atoms with Gasteiger partial charge in [-0.15, -0.1) is 11.3 Å². The molecule has 1 fully saturated rings. The van der Waals surface area contributed by atoms with Crippen molar-refractivity contribution in [2.75, 3.05) is 26.2 Å². The molecule has 0 radical (unpaired) electrons. The lowest BCUT2D eigenvalue weighted by Crippen LogP contribution is -2.36. The highest BCUT2D eigenvalue weighted by Crippen LogP contribution is 2.26. The quantitative estimate of drug-likeness (QED) is 0.733. The lowest BCUT2D eigenvalue weighted by molar-refractivity contribution is -0.131. The first kappa shape index (κ1) is 18.7. The van der Waals surface area contributed by atoms with Crippen LogP contribution in [0.25, 0.3) is 0 Å². The molecule has 0 aliphatic carbocycles. The molecule has 1 N–H and O–H groups in total. The topological polar surface area (TPSA) is 53.9 Å². The summed E-state index contributed by atoms with van der Waals surface area (Å²) in [6.07, 6.45) is 4.74. The van der Waals surface area contributed by atoms with E-state index in [1.54, 1.807) is 0 Å². The van der Waals surface area contributed by atoms with Crippen molar-refractivity contribution in [1.29, 1.82) is 0 Å². The van der Waals surface area contributed by atoms with Gasteiger partial charge in [0.1, 0.15) is 5.71 Å². The summed E-state index contributed by atoms with van der Waals surface area (Å²) in [6, 6.07) is 3.75. The van der Waals surface area contributed by atoms with Crippen molar-refractivity contribution >= 4 is 34.6 Å². The molecule has 3 heterocycles. The van der Waals surface area contributed by atoms with E-state index in [4.69, 9.17) is 16.4 Å². The van der Waals surface area contributed by atoms with Crippen molar-refractivity contribution < 1.29 is 9.63 Å². The minimum Gasteiger partial charge on any atom is -0.382 e. The van der Waals surface area contributed by atoms with Gasteiger partial charge in [-0.05, 0) is 63.4 Å². The number of thiophene rings is 1. The van der Waals surface area contributed by atoms with Crippen molar-refractivity contribution in [3.63, 3.8) is 0 Å². The summed E-state index contributed by atoms with van der Waals surface area (Å²) in [4.78, 5) is 21.0. The smallest absolute Gasteiger partial charge is 0.264 e. The Bertz CT molecular complexity index is 611. The van der Waals surface area contributed by atoms with Crippen LogP contribution in [-0.2, 0) is 9.63 Å². The fraction of sp³-hybridized carbons (Fsp3) is 0.667. The first-order valence-corrected chi connectivity index (χ1v) is 10.3. The minimum atomic E-state index is -0.514. The van der Waals surface area contributed by atoms with Crippen molar-refractivity contribution in [2.24, 2.45) is 11.1 Å².